The van der Waals surface area contributed by atoms with Crippen LogP contribution in [0.25, 0.3) is 11.3 Å². The van der Waals surface area contributed by atoms with Crippen LogP contribution < -0.4 is 5.19 Å². The Morgan fingerprint density at radius 1 is 1.04 bits per heavy atom. The fourth-order valence-electron chi connectivity index (χ4n) is 4.01. The molecule has 0 atom stereocenters. The SMILES string of the molecule is Cc1cccc(-c2cc(CC3CCCCC3)c([Si](C)(C)C)cn2)c1. The van der Waals surface area contributed by atoms with Gasteiger partial charge >= 0.3 is 0 Å². The van der Waals surface area contributed by atoms with E-state index in [1.165, 1.54) is 49.7 Å². The Kier molecular flexibility index (Phi) is 5.24. The lowest BCUT2D eigenvalue weighted by Gasteiger charge is -2.26. The summed E-state index contributed by atoms with van der Waals surface area (Å²) in [7, 11) is -1.36. The Bertz CT molecular complexity index is 693. The summed E-state index contributed by atoms with van der Waals surface area (Å²) >= 11 is 0. The Labute approximate surface area is 148 Å². The molecule has 1 saturated carbocycles. The quantitative estimate of drug-likeness (QED) is 0.650. The molecule has 2 aromatic rings. The van der Waals surface area contributed by atoms with E-state index in [0.29, 0.717) is 0 Å². The average molecular weight is 338 g/mol. The van der Waals surface area contributed by atoms with Gasteiger partial charge in [0.15, 0.2) is 0 Å². The number of aromatic nitrogens is 1. The molecule has 0 saturated heterocycles. The van der Waals surface area contributed by atoms with Crippen molar-refractivity contribution >= 4 is 13.3 Å². The third-order valence-electron chi connectivity index (χ3n) is 5.34. The fourth-order valence-corrected chi connectivity index (χ4v) is 5.60. The van der Waals surface area contributed by atoms with Crippen molar-refractivity contribution in [3.63, 3.8) is 0 Å². The molecule has 0 N–H and O–H groups in total. The Morgan fingerprint density at radius 2 is 1.79 bits per heavy atom. The lowest BCUT2D eigenvalue weighted by molar-refractivity contribution is 0.357. The molecule has 24 heavy (non-hydrogen) atoms. The zero-order valence-electron chi connectivity index (χ0n) is 15.7. The highest BCUT2D eigenvalue weighted by Crippen LogP contribution is 2.28. The largest absolute Gasteiger partial charge is 0.256 e. The maximum Gasteiger partial charge on any atom is 0.0799 e. The van der Waals surface area contributed by atoms with Crippen LogP contribution in [0.4, 0.5) is 0 Å². The average Bonchev–Trinajstić information content (AvgIpc) is 2.55. The summed E-state index contributed by atoms with van der Waals surface area (Å²) in [6.07, 6.45) is 10.5. The molecule has 1 aromatic carbocycles. The van der Waals surface area contributed by atoms with Crippen molar-refractivity contribution in [3.05, 3.63) is 47.7 Å². The van der Waals surface area contributed by atoms with Gasteiger partial charge in [-0.2, -0.15) is 0 Å². The van der Waals surface area contributed by atoms with E-state index in [2.05, 4.69) is 63.1 Å². The number of nitrogens with zero attached hydrogens (tertiary/aromatic N) is 1. The second kappa shape index (κ2) is 7.22. The molecule has 1 aromatic heterocycles. The van der Waals surface area contributed by atoms with Crippen LogP contribution in [0.2, 0.25) is 19.6 Å². The number of rotatable bonds is 4. The fraction of sp³-hybridized carbons (Fsp3) is 0.500. The van der Waals surface area contributed by atoms with Crippen LogP contribution in [0.15, 0.2) is 36.5 Å². The van der Waals surface area contributed by atoms with Crippen LogP contribution in [0.1, 0.15) is 43.2 Å². The summed E-state index contributed by atoms with van der Waals surface area (Å²) in [6.45, 7) is 9.49. The van der Waals surface area contributed by atoms with Gasteiger partial charge in [0.1, 0.15) is 0 Å². The van der Waals surface area contributed by atoms with Gasteiger partial charge in [-0.3, -0.25) is 4.98 Å². The zero-order valence-corrected chi connectivity index (χ0v) is 16.7. The molecule has 1 aliphatic rings. The first-order chi connectivity index (χ1) is 11.4. The lowest BCUT2D eigenvalue weighted by atomic mass is 9.85. The van der Waals surface area contributed by atoms with Gasteiger partial charge < -0.3 is 0 Å². The van der Waals surface area contributed by atoms with Crippen molar-refractivity contribution in [2.45, 2.75) is 65.1 Å². The zero-order chi connectivity index (χ0) is 17.2. The first-order valence-electron chi connectivity index (χ1n) is 9.50. The number of aryl methyl sites for hydroxylation is 1. The van der Waals surface area contributed by atoms with Crippen molar-refractivity contribution in [2.24, 2.45) is 5.92 Å². The monoisotopic (exact) mass is 337 g/mol. The van der Waals surface area contributed by atoms with Crippen molar-refractivity contribution in [1.29, 1.82) is 0 Å². The van der Waals surface area contributed by atoms with Crippen molar-refractivity contribution in [2.75, 3.05) is 0 Å². The van der Waals surface area contributed by atoms with Gasteiger partial charge in [-0.25, -0.2) is 0 Å². The van der Waals surface area contributed by atoms with E-state index >= 15 is 0 Å². The molecule has 3 rings (SSSR count). The minimum absolute atomic E-state index is 0.876. The standard InChI is InChI=1S/C22H31NSi/c1-17-9-8-12-19(13-17)21-15-20(14-18-10-6-5-7-11-18)22(16-23-21)24(2,3)4/h8-9,12-13,15-16,18H,5-7,10-11,14H2,1-4H3. The molecular formula is C22H31NSi. The van der Waals surface area contributed by atoms with E-state index in [9.17, 15) is 0 Å². The number of benzene rings is 1. The maximum atomic E-state index is 4.84. The van der Waals surface area contributed by atoms with E-state index in [1.807, 2.05) is 0 Å². The highest BCUT2D eigenvalue weighted by molar-refractivity contribution is 6.89. The molecule has 1 nitrogen and oxygen atoms in total. The Hall–Kier alpha value is -1.41. The molecule has 2 heteroatoms. The van der Waals surface area contributed by atoms with Crippen LogP contribution in [-0.2, 0) is 6.42 Å². The van der Waals surface area contributed by atoms with E-state index in [4.69, 9.17) is 4.98 Å². The minimum Gasteiger partial charge on any atom is -0.256 e. The van der Waals surface area contributed by atoms with Crippen LogP contribution in [0.3, 0.4) is 0 Å². The van der Waals surface area contributed by atoms with Crippen LogP contribution in [0, 0.1) is 12.8 Å². The van der Waals surface area contributed by atoms with Crippen molar-refractivity contribution in [3.8, 4) is 11.3 Å². The second-order valence-corrected chi connectivity index (χ2v) is 13.6. The van der Waals surface area contributed by atoms with Crippen LogP contribution in [-0.4, -0.2) is 13.1 Å². The molecule has 0 bridgehead atoms. The van der Waals surface area contributed by atoms with E-state index in [-0.39, 0.29) is 0 Å². The molecule has 1 fully saturated rings. The molecule has 0 amide bonds. The van der Waals surface area contributed by atoms with Gasteiger partial charge in [0.05, 0.1) is 13.8 Å². The molecule has 0 aliphatic heterocycles. The molecule has 0 spiro atoms. The Morgan fingerprint density at radius 3 is 2.46 bits per heavy atom. The van der Waals surface area contributed by atoms with Crippen molar-refractivity contribution in [1.82, 2.24) is 4.98 Å². The molecule has 1 aliphatic carbocycles. The summed E-state index contributed by atoms with van der Waals surface area (Å²) < 4.78 is 0. The normalized spacial score (nSPS) is 16.3. The first-order valence-corrected chi connectivity index (χ1v) is 13.0. The summed E-state index contributed by atoms with van der Waals surface area (Å²) in [5, 5.41) is 1.56. The molecule has 0 unspecified atom stereocenters. The first kappa shape index (κ1) is 17.4. The van der Waals surface area contributed by atoms with E-state index in [0.717, 1.165) is 11.6 Å². The minimum atomic E-state index is -1.36. The van der Waals surface area contributed by atoms with Gasteiger partial charge in [0.2, 0.25) is 0 Å². The lowest BCUT2D eigenvalue weighted by Crippen LogP contribution is -2.41. The second-order valence-electron chi connectivity index (χ2n) is 8.55. The topological polar surface area (TPSA) is 12.9 Å². The number of hydrogen-bond acceptors (Lipinski definition) is 1. The smallest absolute Gasteiger partial charge is 0.0799 e. The van der Waals surface area contributed by atoms with Crippen LogP contribution in [0.5, 0.6) is 0 Å². The molecule has 0 radical (unpaired) electrons. The van der Waals surface area contributed by atoms with E-state index in [1.54, 1.807) is 10.8 Å². The van der Waals surface area contributed by atoms with Crippen molar-refractivity contribution < 1.29 is 0 Å². The van der Waals surface area contributed by atoms with Gasteiger partial charge in [0, 0.05) is 11.8 Å². The van der Waals surface area contributed by atoms with Gasteiger partial charge in [-0.05, 0) is 42.1 Å². The predicted octanol–water partition coefficient (Wildman–Crippen LogP) is 5.73. The molecular weight excluding hydrogens is 306 g/mol. The molecule has 1 heterocycles. The highest BCUT2D eigenvalue weighted by atomic mass is 28.3. The Balaban J connectivity index is 1.97. The van der Waals surface area contributed by atoms with Gasteiger partial charge in [0.25, 0.3) is 0 Å². The number of hydrogen-bond donors (Lipinski definition) is 0. The number of pyridine rings is 1. The summed E-state index contributed by atoms with van der Waals surface area (Å²) in [4.78, 5) is 4.84. The van der Waals surface area contributed by atoms with E-state index < -0.39 is 8.07 Å². The maximum absolute atomic E-state index is 4.84. The van der Waals surface area contributed by atoms with Gasteiger partial charge in [-0.15, -0.1) is 0 Å². The summed E-state index contributed by atoms with van der Waals surface area (Å²) in [6, 6.07) is 11.1. The summed E-state index contributed by atoms with van der Waals surface area (Å²) in [5.74, 6) is 0.876. The predicted molar refractivity (Wildman–Crippen MR) is 108 cm³/mol. The summed E-state index contributed by atoms with van der Waals surface area (Å²) in [5.41, 5.74) is 5.28. The van der Waals surface area contributed by atoms with Crippen LogP contribution >= 0.6 is 0 Å². The molecule has 128 valence electrons. The van der Waals surface area contributed by atoms with Gasteiger partial charge in [-0.1, -0.05) is 75.5 Å². The highest BCUT2D eigenvalue weighted by Gasteiger charge is 2.23. The third kappa shape index (κ3) is 4.16. The third-order valence-corrected chi connectivity index (χ3v) is 7.41.